The molecule has 0 radical (unpaired) electrons. The highest BCUT2D eigenvalue weighted by atomic mass is 16.6. The molecule has 3 unspecified atom stereocenters. The molecule has 1 aliphatic heterocycles. The Morgan fingerprint density at radius 3 is 2.88 bits per heavy atom. The number of carbonyl (C=O) groups excluding carboxylic acids is 1. The molecular weight excluding hydrogens is 212 g/mol. The number of ether oxygens (including phenoxy) is 1. The molecule has 0 bridgehead atoms. The molecule has 1 heterocycles. The second-order valence-corrected chi connectivity index (χ2v) is 5.51. The maximum absolute atomic E-state index is 11.7. The summed E-state index contributed by atoms with van der Waals surface area (Å²) < 4.78 is 5.56. The molecule has 3 rings (SSSR count). The van der Waals surface area contributed by atoms with E-state index >= 15 is 0 Å². The first kappa shape index (κ1) is 10.8. The molecule has 2 heteroatoms. The molecule has 1 saturated carbocycles. The molecule has 4 atom stereocenters. The lowest BCUT2D eigenvalue weighted by Crippen LogP contribution is -2.29. The molecule has 0 aromatic heterocycles. The summed E-state index contributed by atoms with van der Waals surface area (Å²) in [7, 11) is 0. The van der Waals surface area contributed by atoms with E-state index in [1.807, 2.05) is 0 Å². The van der Waals surface area contributed by atoms with Crippen molar-refractivity contribution in [2.45, 2.75) is 32.3 Å². The van der Waals surface area contributed by atoms with Gasteiger partial charge in [-0.2, -0.15) is 0 Å². The van der Waals surface area contributed by atoms with Crippen LogP contribution in [0.15, 0.2) is 36.0 Å². The van der Waals surface area contributed by atoms with Gasteiger partial charge < -0.3 is 4.74 Å². The number of carbonyl (C=O) groups is 1. The van der Waals surface area contributed by atoms with Crippen molar-refractivity contribution in [1.82, 2.24) is 0 Å². The van der Waals surface area contributed by atoms with E-state index in [2.05, 4.69) is 26.2 Å². The summed E-state index contributed by atoms with van der Waals surface area (Å²) >= 11 is 0. The number of allylic oxidation sites excluding steroid dienone is 2. The highest BCUT2D eigenvalue weighted by Gasteiger charge is 2.49. The van der Waals surface area contributed by atoms with E-state index in [1.165, 1.54) is 11.1 Å². The third kappa shape index (κ3) is 1.43. The summed E-state index contributed by atoms with van der Waals surface area (Å²) in [5.74, 6) is 0.812. The highest BCUT2D eigenvalue weighted by Crippen LogP contribution is 2.50. The number of fused-ring (bicyclic) bond motifs is 3. The topological polar surface area (TPSA) is 26.3 Å². The van der Waals surface area contributed by atoms with Crippen LogP contribution in [0.2, 0.25) is 0 Å². The SMILES string of the molecule is C=C1C(=O)O[C@H]2C1CC=C(C)C1CCC(=C)C12. The Morgan fingerprint density at radius 1 is 1.35 bits per heavy atom. The highest BCUT2D eigenvalue weighted by molar-refractivity contribution is 5.91. The van der Waals surface area contributed by atoms with Gasteiger partial charge in [-0.3, -0.25) is 0 Å². The summed E-state index contributed by atoms with van der Waals surface area (Å²) in [4.78, 5) is 11.7. The predicted molar refractivity (Wildman–Crippen MR) is 66.2 cm³/mol. The van der Waals surface area contributed by atoms with Crippen molar-refractivity contribution >= 4 is 5.97 Å². The fourth-order valence-corrected chi connectivity index (χ4v) is 3.64. The molecule has 2 aliphatic carbocycles. The van der Waals surface area contributed by atoms with Gasteiger partial charge in [-0.05, 0) is 32.1 Å². The van der Waals surface area contributed by atoms with Crippen molar-refractivity contribution < 1.29 is 9.53 Å². The zero-order valence-corrected chi connectivity index (χ0v) is 10.2. The minimum atomic E-state index is -0.202. The van der Waals surface area contributed by atoms with E-state index in [0.29, 0.717) is 17.4 Å². The van der Waals surface area contributed by atoms with Gasteiger partial charge in [0.05, 0.1) is 0 Å². The van der Waals surface area contributed by atoms with Gasteiger partial charge in [0, 0.05) is 17.4 Å². The van der Waals surface area contributed by atoms with Gasteiger partial charge in [0.1, 0.15) is 6.10 Å². The lowest BCUT2D eigenvalue weighted by molar-refractivity contribution is -0.141. The zero-order valence-electron chi connectivity index (χ0n) is 10.2. The molecule has 0 N–H and O–H groups in total. The molecule has 0 spiro atoms. The normalized spacial score (nSPS) is 40.5. The number of esters is 1. The van der Waals surface area contributed by atoms with Crippen molar-refractivity contribution in [1.29, 1.82) is 0 Å². The van der Waals surface area contributed by atoms with E-state index < -0.39 is 0 Å². The van der Waals surface area contributed by atoms with Gasteiger partial charge in [-0.1, -0.05) is 30.4 Å². The van der Waals surface area contributed by atoms with Crippen molar-refractivity contribution in [3.05, 3.63) is 36.0 Å². The molecule has 1 saturated heterocycles. The monoisotopic (exact) mass is 230 g/mol. The Hall–Kier alpha value is -1.31. The second-order valence-electron chi connectivity index (χ2n) is 5.51. The summed E-state index contributed by atoms with van der Waals surface area (Å²) in [5, 5.41) is 0. The minimum absolute atomic E-state index is 0.0105. The first-order valence-corrected chi connectivity index (χ1v) is 6.33. The van der Waals surface area contributed by atoms with E-state index in [1.54, 1.807) is 0 Å². The van der Waals surface area contributed by atoms with Crippen LogP contribution < -0.4 is 0 Å². The average molecular weight is 230 g/mol. The summed E-state index contributed by atoms with van der Waals surface area (Å²) in [6.07, 6.45) is 5.37. The molecule has 2 nitrogen and oxygen atoms in total. The van der Waals surface area contributed by atoms with E-state index in [-0.39, 0.29) is 18.0 Å². The fourth-order valence-electron chi connectivity index (χ4n) is 3.64. The molecule has 0 aromatic carbocycles. The van der Waals surface area contributed by atoms with Gasteiger partial charge in [-0.15, -0.1) is 0 Å². The quantitative estimate of drug-likeness (QED) is 0.363. The zero-order chi connectivity index (χ0) is 12.2. The van der Waals surface area contributed by atoms with Crippen LogP contribution in [-0.4, -0.2) is 12.1 Å². The van der Waals surface area contributed by atoms with Crippen LogP contribution in [0.5, 0.6) is 0 Å². The lowest BCUT2D eigenvalue weighted by atomic mass is 9.81. The summed E-state index contributed by atoms with van der Waals surface area (Å²) in [5.41, 5.74) is 3.34. The van der Waals surface area contributed by atoms with Crippen molar-refractivity contribution in [3.8, 4) is 0 Å². The Balaban J connectivity index is 2.03. The molecule has 3 aliphatic rings. The summed E-state index contributed by atoms with van der Waals surface area (Å²) in [6, 6.07) is 0. The molecule has 0 aromatic rings. The Morgan fingerprint density at radius 2 is 2.12 bits per heavy atom. The van der Waals surface area contributed by atoms with Crippen molar-refractivity contribution in [2.24, 2.45) is 17.8 Å². The number of hydrogen-bond donors (Lipinski definition) is 0. The first-order chi connectivity index (χ1) is 8.09. The van der Waals surface area contributed by atoms with Gasteiger partial charge in [0.2, 0.25) is 0 Å². The fraction of sp³-hybridized carbons (Fsp3) is 0.533. The molecular formula is C15H18O2. The van der Waals surface area contributed by atoms with E-state index in [9.17, 15) is 4.79 Å². The average Bonchev–Trinajstić information content (AvgIpc) is 2.75. The third-order valence-corrected chi connectivity index (χ3v) is 4.66. The first-order valence-electron chi connectivity index (χ1n) is 6.33. The Kier molecular flexibility index (Phi) is 2.29. The van der Waals surface area contributed by atoms with Gasteiger partial charge >= 0.3 is 5.97 Å². The Labute approximate surface area is 102 Å². The molecule has 90 valence electrons. The van der Waals surface area contributed by atoms with Gasteiger partial charge in [-0.25, -0.2) is 4.79 Å². The van der Waals surface area contributed by atoms with Crippen molar-refractivity contribution in [2.75, 3.05) is 0 Å². The predicted octanol–water partition coefficient (Wildman–Crippen LogP) is 3.02. The number of rotatable bonds is 0. The molecule has 17 heavy (non-hydrogen) atoms. The van der Waals surface area contributed by atoms with Crippen LogP contribution in [0, 0.1) is 17.8 Å². The Bertz CT molecular complexity index is 444. The van der Waals surface area contributed by atoms with Crippen LogP contribution in [-0.2, 0) is 9.53 Å². The standard InChI is InChI=1S/C15H18O2/c1-8-4-7-12-10(3)15(16)17-14(12)13-9(2)5-6-11(8)13/h4,11-14H,2-3,5-7H2,1H3/t11?,12?,13?,14-/m0/s1. The van der Waals surface area contributed by atoms with Gasteiger partial charge in [0.15, 0.2) is 0 Å². The van der Waals surface area contributed by atoms with E-state index in [4.69, 9.17) is 4.74 Å². The maximum Gasteiger partial charge on any atom is 0.334 e. The van der Waals surface area contributed by atoms with Crippen molar-refractivity contribution in [3.63, 3.8) is 0 Å². The maximum atomic E-state index is 11.7. The molecule has 0 amide bonds. The second kappa shape index (κ2) is 3.59. The van der Waals surface area contributed by atoms with Crippen LogP contribution in [0.1, 0.15) is 26.2 Å². The van der Waals surface area contributed by atoms with Crippen LogP contribution in [0.4, 0.5) is 0 Å². The van der Waals surface area contributed by atoms with Crippen LogP contribution in [0.25, 0.3) is 0 Å². The minimum Gasteiger partial charge on any atom is -0.458 e. The smallest absolute Gasteiger partial charge is 0.334 e. The number of hydrogen-bond acceptors (Lipinski definition) is 2. The lowest BCUT2D eigenvalue weighted by Gasteiger charge is -2.26. The molecule has 2 fully saturated rings. The van der Waals surface area contributed by atoms with E-state index in [0.717, 1.165) is 19.3 Å². The van der Waals surface area contributed by atoms with Crippen LogP contribution >= 0.6 is 0 Å². The summed E-state index contributed by atoms with van der Waals surface area (Å²) in [6.45, 7) is 10.3. The largest absolute Gasteiger partial charge is 0.458 e. The van der Waals surface area contributed by atoms with Gasteiger partial charge in [0.25, 0.3) is 0 Å². The third-order valence-electron chi connectivity index (χ3n) is 4.66. The van der Waals surface area contributed by atoms with Crippen LogP contribution in [0.3, 0.4) is 0 Å².